The molecule has 2 heterocycles. The molecule has 0 aliphatic carbocycles. The lowest BCUT2D eigenvalue weighted by Gasteiger charge is -2.09. The van der Waals surface area contributed by atoms with Crippen molar-refractivity contribution in [1.82, 2.24) is 19.1 Å². The second kappa shape index (κ2) is 7.79. The highest BCUT2D eigenvalue weighted by Crippen LogP contribution is 2.28. The number of aromatic amines is 1. The SMILES string of the molecule is CCCn1c(-c2cc(Br)ccc2F)nc2c1c(=O)[nH]c(=O)n2Cc1ccccc1. The molecule has 2 aromatic heterocycles. The van der Waals surface area contributed by atoms with Crippen molar-refractivity contribution in [2.24, 2.45) is 0 Å². The van der Waals surface area contributed by atoms with Gasteiger partial charge in [0.15, 0.2) is 11.2 Å². The number of fused-ring (bicyclic) bond motifs is 1. The summed E-state index contributed by atoms with van der Waals surface area (Å²) in [5.41, 5.74) is 0.582. The number of benzene rings is 2. The molecular weight excluding hydrogens is 439 g/mol. The minimum atomic E-state index is -0.547. The fraction of sp³-hybridized carbons (Fsp3) is 0.190. The zero-order valence-corrected chi connectivity index (χ0v) is 17.2. The average Bonchev–Trinajstić information content (AvgIpc) is 3.08. The van der Waals surface area contributed by atoms with Crippen molar-refractivity contribution in [2.45, 2.75) is 26.4 Å². The first-order valence-corrected chi connectivity index (χ1v) is 10.0. The summed E-state index contributed by atoms with van der Waals surface area (Å²) in [4.78, 5) is 32.2. The summed E-state index contributed by atoms with van der Waals surface area (Å²) in [5.74, 6) is -0.132. The van der Waals surface area contributed by atoms with Crippen LogP contribution < -0.4 is 11.2 Å². The highest BCUT2D eigenvalue weighted by molar-refractivity contribution is 9.10. The van der Waals surface area contributed by atoms with Gasteiger partial charge in [-0.1, -0.05) is 53.2 Å². The third kappa shape index (κ3) is 3.55. The first-order chi connectivity index (χ1) is 14.0. The van der Waals surface area contributed by atoms with Gasteiger partial charge >= 0.3 is 5.69 Å². The van der Waals surface area contributed by atoms with Gasteiger partial charge in [0.2, 0.25) is 0 Å². The molecule has 0 atom stereocenters. The number of aryl methyl sites for hydroxylation is 1. The van der Waals surface area contributed by atoms with Crippen molar-refractivity contribution in [2.75, 3.05) is 0 Å². The number of imidazole rings is 1. The topological polar surface area (TPSA) is 72.7 Å². The third-order valence-corrected chi connectivity index (χ3v) is 5.18. The summed E-state index contributed by atoms with van der Waals surface area (Å²) >= 11 is 3.36. The van der Waals surface area contributed by atoms with E-state index in [1.165, 1.54) is 10.6 Å². The van der Waals surface area contributed by atoms with Gasteiger partial charge in [0.25, 0.3) is 5.56 Å². The van der Waals surface area contributed by atoms with E-state index in [2.05, 4.69) is 25.9 Å². The van der Waals surface area contributed by atoms with Gasteiger partial charge in [-0.2, -0.15) is 0 Å². The largest absolute Gasteiger partial charge is 0.330 e. The summed E-state index contributed by atoms with van der Waals surface area (Å²) in [6, 6.07) is 14.0. The molecule has 0 radical (unpaired) electrons. The van der Waals surface area contributed by atoms with Crippen LogP contribution in [-0.4, -0.2) is 19.1 Å². The summed E-state index contributed by atoms with van der Waals surface area (Å²) < 4.78 is 18.4. The Labute approximate surface area is 173 Å². The van der Waals surface area contributed by atoms with E-state index in [0.29, 0.717) is 23.3 Å². The van der Waals surface area contributed by atoms with Gasteiger partial charge in [0.1, 0.15) is 11.6 Å². The maximum Gasteiger partial charge on any atom is 0.330 e. The maximum absolute atomic E-state index is 14.6. The number of hydrogen-bond donors (Lipinski definition) is 1. The number of nitrogens with one attached hydrogen (secondary N) is 1. The van der Waals surface area contributed by atoms with E-state index in [9.17, 15) is 14.0 Å². The fourth-order valence-corrected chi connectivity index (χ4v) is 3.76. The van der Waals surface area contributed by atoms with E-state index in [-0.39, 0.29) is 23.3 Å². The summed E-state index contributed by atoms with van der Waals surface area (Å²) in [7, 11) is 0. The molecule has 0 aliphatic rings. The molecule has 4 aromatic rings. The molecule has 0 saturated carbocycles. The van der Waals surface area contributed by atoms with E-state index < -0.39 is 17.1 Å². The second-order valence-electron chi connectivity index (χ2n) is 6.71. The maximum atomic E-state index is 14.6. The minimum Gasteiger partial charge on any atom is -0.318 e. The number of aromatic nitrogens is 4. The van der Waals surface area contributed by atoms with E-state index in [1.807, 2.05) is 37.3 Å². The predicted molar refractivity (Wildman–Crippen MR) is 114 cm³/mol. The van der Waals surface area contributed by atoms with Gasteiger partial charge in [-0.15, -0.1) is 0 Å². The van der Waals surface area contributed by atoms with Gasteiger partial charge in [0.05, 0.1) is 12.1 Å². The Bertz CT molecular complexity index is 1310. The quantitative estimate of drug-likeness (QED) is 0.494. The Morgan fingerprint density at radius 1 is 1.10 bits per heavy atom. The van der Waals surface area contributed by atoms with E-state index >= 15 is 0 Å². The van der Waals surface area contributed by atoms with Crippen molar-refractivity contribution in [3.8, 4) is 11.4 Å². The molecule has 6 nitrogen and oxygen atoms in total. The summed E-state index contributed by atoms with van der Waals surface area (Å²) in [5, 5.41) is 0. The molecule has 1 N–H and O–H groups in total. The molecule has 0 unspecified atom stereocenters. The number of H-pyrrole nitrogens is 1. The first kappa shape index (κ1) is 19.3. The van der Waals surface area contributed by atoms with Gasteiger partial charge < -0.3 is 4.57 Å². The standard InChI is InChI=1S/C21H18BrFN4O2/c1-2-10-26-17-19(24-18(26)15-11-14(22)8-9-16(15)23)27(21(29)25-20(17)28)12-13-6-4-3-5-7-13/h3-9,11H,2,10,12H2,1H3,(H,25,28,29). The van der Waals surface area contributed by atoms with Gasteiger partial charge in [-0.3, -0.25) is 14.3 Å². The summed E-state index contributed by atoms with van der Waals surface area (Å²) in [6.45, 7) is 2.67. The van der Waals surface area contributed by atoms with Crippen LogP contribution in [0.3, 0.4) is 0 Å². The normalized spacial score (nSPS) is 11.3. The van der Waals surface area contributed by atoms with Crippen LogP contribution in [0.5, 0.6) is 0 Å². The summed E-state index contributed by atoms with van der Waals surface area (Å²) in [6.07, 6.45) is 0.714. The van der Waals surface area contributed by atoms with E-state index in [1.54, 1.807) is 16.7 Å². The lowest BCUT2D eigenvalue weighted by atomic mass is 10.2. The average molecular weight is 457 g/mol. The lowest BCUT2D eigenvalue weighted by molar-refractivity contribution is 0.625. The number of hydrogen-bond acceptors (Lipinski definition) is 3. The Hall–Kier alpha value is -3.00. The molecule has 148 valence electrons. The first-order valence-electron chi connectivity index (χ1n) is 9.22. The second-order valence-corrected chi connectivity index (χ2v) is 7.63. The number of nitrogens with zero attached hydrogens (tertiary/aromatic N) is 3. The van der Waals surface area contributed by atoms with Crippen LogP contribution in [0, 0.1) is 5.82 Å². The van der Waals surface area contributed by atoms with Crippen molar-refractivity contribution < 1.29 is 4.39 Å². The van der Waals surface area contributed by atoms with Crippen molar-refractivity contribution in [1.29, 1.82) is 0 Å². The molecule has 0 fully saturated rings. The Balaban J connectivity index is 2.03. The smallest absolute Gasteiger partial charge is 0.318 e. The molecule has 0 spiro atoms. The van der Waals surface area contributed by atoms with Crippen molar-refractivity contribution in [3.63, 3.8) is 0 Å². The molecule has 0 bridgehead atoms. The Morgan fingerprint density at radius 3 is 2.59 bits per heavy atom. The molecule has 2 aromatic carbocycles. The molecule has 8 heteroatoms. The molecule has 0 saturated heterocycles. The zero-order chi connectivity index (χ0) is 20.5. The monoisotopic (exact) mass is 456 g/mol. The van der Waals surface area contributed by atoms with Crippen LogP contribution in [0.4, 0.5) is 4.39 Å². The number of halogens is 2. The number of rotatable bonds is 5. The molecule has 0 amide bonds. The van der Waals surface area contributed by atoms with Gasteiger partial charge in [-0.25, -0.2) is 14.2 Å². The van der Waals surface area contributed by atoms with Crippen LogP contribution >= 0.6 is 15.9 Å². The van der Waals surface area contributed by atoms with E-state index in [4.69, 9.17) is 0 Å². The van der Waals surface area contributed by atoms with Crippen molar-refractivity contribution >= 4 is 27.1 Å². The molecular formula is C21H18BrFN4O2. The van der Waals surface area contributed by atoms with Gasteiger partial charge in [-0.05, 0) is 30.2 Å². The molecule has 0 aliphatic heterocycles. The van der Waals surface area contributed by atoms with Crippen molar-refractivity contribution in [3.05, 3.63) is 85.2 Å². The van der Waals surface area contributed by atoms with Crippen LogP contribution in [0.2, 0.25) is 0 Å². The Morgan fingerprint density at radius 2 is 1.86 bits per heavy atom. The van der Waals surface area contributed by atoms with Crippen LogP contribution in [0.15, 0.2) is 62.6 Å². The highest BCUT2D eigenvalue weighted by atomic mass is 79.9. The lowest BCUT2D eigenvalue weighted by Crippen LogP contribution is -2.31. The fourth-order valence-electron chi connectivity index (χ4n) is 3.40. The minimum absolute atomic E-state index is 0.241. The highest BCUT2D eigenvalue weighted by Gasteiger charge is 2.21. The molecule has 4 rings (SSSR count). The predicted octanol–water partition coefficient (Wildman–Crippen LogP) is 3.91. The third-order valence-electron chi connectivity index (χ3n) is 4.69. The van der Waals surface area contributed by atoms with Gasteiger partial charge in [0, 0.05) is 11.0 Å². The zero-order valence-electron chi connectivity index (χ0n) is 15.7. The van der Waals surface area contributed by atoms with Crippen LogP contribution in [0.1, 0.15) is 18.9 Å². The molecule has 29 heavy (non-hydrogen) atoms. The van der Waals surface area contributed by atoms with Crippen LogP contribution in [0.25, 0.3) is 22.6 Å². The Kier molecular flexibility index (Phi) is 5.19. The van der Waals surface area contributed by atoms with E-state index in [0.717, 1.165) is 5.56 Å². The van der Waals surface area contributed by atoms with Crippen LogP contribution in [-0.2, 0) is 13.1 Å².